The maximum Gasteiger partial charge on any atom is 0.239 e. The molecule has 0 aliphatic heterocycles. The number of para-hydroxylation sites is 1. The van der Waals surface area contributed by atoms with E-state index in [-0.39, 0.29) is 24.9 Å². The molecule has 142 valence electrons. The smallest absolute Gasteiger partial charge is 0.239 e. The molecule has 0 atom stereocenters. The van der Waals surface area contributed by atoms with Crippen LogP contribution >= 0.6 is 27.7 Å². The molecule has 0 bridgehead atoms. The summed E-state index contributed by atoms with van der Waals surface area (Å²) in [5.74, 6) is 0.812. The van der Waals surface area contributed by atoms with E-state index in [1.807, 2.05) is 30.3 Å². The Morgan fingerprint density at radius 1 is 1.19 bits per heavy atom. The van der Waals surface area contributed by atoms with Crippen LogP contribution in [0.4, 0.5) is 11.5 Å². The molecule has 0 unspecified atom stereocenters. The zero-order valence-corrected chi connectivity index (χ0v) is 17.3. The lowest BCUT2D eigenvalue weighted by molar-refractivity contribution is -0.119. The number of thioether (sulfide) groups is 1. The summed E-state index contributed by atoms with van der Waals surface area (Å²) in [6.45, 7) is 3.89. The summed E-state index contributed by atoms with van der Waals surface area (Å²) in [4.78, 5) is 31.1. The quantitative estimate of drug-likeness (QED) is 0.452. The Hall–Kier alpha value is -2.16. The van der Waals surface area contributed by atoms with E-state index in [0.29, 0.717) is 5.82 Å². The van der Waals surface area contributed by atoms with Crippen molar-refractivity contribution in [2.24, 2.45) is 0 Å². The highest BCUT2D eigenvalue weighted by Crippen LogP contribution is 2.26. The van der Waals surface area contributed by atoms with E-state index in [1.54, 1.807) is 42.0 Å². The van der Waals surface area contributed by atoms with Crippen LogP contribution in [0.25, 0.3) is 0 Å². The molecule has 2 N–H and O–H groups in total. The van der Waals surface area contributed by atoms with Crippen molar-refractivity contribution in [3.05, 3.63) is 59.7 Å². The Morgan fingerprint density at radius 3 is 2.56 bits per heavy atom. The van der Waals surface area contributed by atoms with Crippen molar-refractivity contribution in [3.63, 3.8) is 0 Å². The third kappa shape index (κ3) is 7.54. The van der Waals surface area contributed by atoms with Gasteiger partial charge in [0.2, 0.25) is 11.8 Å². The van der Waals surface area contributed by atoms with Gasteiger partial charge < -0.3 is 10.6 Å². The number of hydrogen-bond acceptors (Lipinski definition) is 5. The monoisotopic (exact) mass is 448 g/mol. The van der Waals surface area contributed by atoms with Crippen LogP contribution in [-0.4, -0.2) is 47.6 Å². The summed E-state index contributed by atoms with van der Waals surface area (Å²) in [6.07, 6.45) is 3.42. The molecule has 1 heterocycles. The summed E-state index contributed by atoms with van der Waals surface area (Å²) < 4.78 is 0.834. The van der Waals surface area contributed by atoms with Gasteiger partial charge in [0.25, 0.3) is 0 Å². The van der Waals surface area contributed by atoms with Crippen LogP contribution in [0, 0.1) is 0 Å². The van der Waals surface area contributed by atoms with Gasteiger partial charge in [0.15, 0.2) is 0 Å². The first-order valence-corrected chi connectivity index (χ1v) is 9.98. The molecule has 0 aliphatic carbocycles. The largest absolute Gasteiger partial charge is 0.324 e. The summed E-state index contributed by atoms with van der Waals surface area (Å²) >= 11 is 4.89. The normalized spacial score (nSPS) is 10.5. The number of hydrogen-bond donors (Lipinski definition) is 2. The van der Waals surface area contributed by atoms with Crippen LogP contribution in [0.2, 0.25) is 0 Å². The van der Waals surface area contributed by atoms with E-state index < -0.39 is 0 Å². The summed E-state index contributed by atoms with van der Waals surface area (Å²) in [5, 5.41) is 5.59. The van der Waals surface area contributed by atoms with Crippen LogP contribution in [0.15, 0.2) is 64.6 Å². The van der Waals surface area contributed by atoms with Gasteiger partial charge in [0.05, 0.1) is 18.8 Å². The lowest BCUT2D eigenvalue weighted by Crippen LogP contribution is -2.36. The van der Waals surface area contributed by atoms with Gasteiger partial charge in [-0.25, -0.2) is 4.98 Å². The van der Waals surface area contributed by atoms with Gasteiger partial charge in [-0.15, -0.1) is 18.3 Å². The fourth-order valence-corrected chi connectivity index (χ4v) is 3.19. The maximum absolute atomic E-state index is 12.3. The van der Waals surface area contributed by atoms with Crippen LogP contribution in [-0.2, 0) is 9.59 Å². The third-order valence-corrected chi connectivity index (χ3v) is 4.88. The lowest BCUT2D eigenvalue weighted by Gasteiger charge is -2.16. The summed E-state index contributed by atoms with van der Waals surface area (Å²) in [6, 6.07) is 11.1. The molecule has 0 saturated heterocycles. The molecule has 27 heavy (non-hydrogen) atoms. The Morgan fingerprint density at radius 2 is 1.89 bits per heavy atom. The van der Waals surface area contributed by atoms with E-state index in [4.69, 9.17) is 0 Å². The summed E-state index contributed by atoms with van der Waals surface area (Å²) in [7, 11) is 1.71. The topological polar surface area (TPSA) is 74.3 Å². The molecule has 2 amide bonds. The number of anilines is 2. The van der Waals surface area contributed by atoms with E-state index >= 15 is 0 Å². The van der Waals surface area contributed by atoms with Crippen LogP contribution in [0.5, 0.6) is 0 Å². The molecule has 2 aromatic rings. The van der Waals surface area contributed by atoms with Gasteiger partial charge in [0, 0.05) is 21.3 Å². The predicted octanol–water partition coefficient (Wildman–Crippen LogP) is 3.63. The predicted molar refractivity (Wildman–Crippen MR) is 114 cm³/mol. The van der Waals surface area contributed by atoms with Crippen molar-refractivity contribution in [1.82, 2.24) is 9.88 Å². The van der Waals surface area contributed by atoms with Crippen LogP contribution in [0.3, 0.4) is 0 Å². The molecule has 2 rings (SSSR count). The second kappa shape index (κ2) is 10.9. The third-order valence-electron chi connectivity index (χ3n) is 3.34. The van der Waals surface area contributed by atoms with E-state index in [1.165, 1.54) is 0 Å². The SMILES string of the molecule is C=CCSc1ccccc1NC(=O)CN(C)CC(=O)Nc1ccc(Br)cn1. The van der Waals surface area contributed by atoms with Crippen LogP contribution in [0.1, 0.15) is 0 Å². The highest BCUT2D eigenvalue weighted by Gasteiger charge is 2.13. The molecule has 1 aromatic heterocycles. The van der Waals surface area contributed by atoms with Crippen molar-refractivity contribution in [2.45, 2.75) is 4.90 Å². The first kappa shape index (κ1) is 21.1. The number of carbonyl (C=O) groups is 2. The Balaban J connectivity index is 1.83. The van der Waals surface area contributed by atoms with E-state index in [0.717, 1.165) is 20.8 Å². The molecule has 0 radical (unpaired) electrons. The van der Waals surface area contributed by atoms with Gasteiger partial charge in [-0.1, -0.05) is 18.2 Å². The van der Waals surface area contributed by atoms with Gasteiger partial charge >= 0.3 is 0 Å². The molecule has 0 fully saturated rings. The number of benzene rings is 1. The van der Waals surface area contributed by atoms with Crippen molar-refractivity contribution < 1.29 is 9.59 Å². The zero-order chi connectivity index (χ0) is 19.6. The minimum atomic E-state index is -0.234. The number of likely N-dealkylation sites (N-methyl/N-ethyl adjacent to an activating group) is 1. The zero-order valence-electron chi connectivity index (χ0n) is 14.9. The minimum absolute atomic E-state index is 0.0814. The van der Waals surface area contributed by atoms with E-state index in [2.05, 4.69) is 38.1 Å². The van der Waals surface area contributed by atoms with Crippen molar-refractivity contribution in [2.75, 3.05) is 36.5 Å². The van der Waals surface area contributed by atoms with E-state index in [9.17, 15) is 9.59 Å². The fraction of sp³-hybridized carbons (Fsp3) is 0.211. The number of pyridine rings is 1. The number of nitrogens with zero attached hydrogens (tertiary/aromatic N) is 2. The van der Waals surface area contributed by atoms with Gasteiger partial charge in [-0.3, -0.25) is 14.5 Å². The van der Waals surface area contributed by atoms with Gasteiger partial charge in [-0.05, 0) is 47.2 Å². The average molecular weight is 449 g/mol. The highest BCUT2D eigenvalue weighted by molar-refractivity contribution is 9.10. The first-order valence-electron chi connectivity index (χ1n) is 8.20. The number of nitrogens with one attached hydrogen (secondary N) is 2. The molecule has 0 aliphatic rings. The number of halogens is 1. The highest BCUT2D eigenvalue weighted by atomic mass is 79.9. The Bertz CT molecular complexity index is 799. The fourth-order valence-electron chi connectivity index (χ4n) is 2.21. The molecule has 0 saturated carbocycles. The van der Waals surface area contributed by atoms with Crippen LogP contribution < -0.4 is 10.6 Å². The number of amides is 2. The molecule has 6 nitrogen and oxygen atoms in total. The molecule has 1 aromatic carbocycles. The molecular weight excluding hydrogens is 428 g/mol. The van der Waals surface area contributed by atoms with Crippen molar-refractivity contribution in [3.8, 4) is 0 Å². The molecule has 0 spiro atoms. The number of carbonyl (C=O) groups excluding carboxylic acids is 2. The Labute approximate surface area is 171 Å². The average Bonchev–Trinajstić information content (AvgIpc) is 2.62. The minimum Gasteiger partial charge on any atom is -0.324 e. The van der Waals surface area contributed by atoms with Crippen molar-refractivity contribution >= 4 is 51.0 Å². The molecular formula is C19H21BrN4O2S. The number of aromatic nitrogens is 1. The first-order chi connectivity index (χ1) is 13.0. The maximum atomic E-state index is 12.3. The standard InChI is InChI=1S/C19H21BrN4O2S/c1-3-10-27-16-7-5-4-6-15(16)22-18(25)12-24(2)13-19(26)23-17-9-8-14(20)11-21-17/h3-9,11H,1,10,12-13H2,2H3,(H,22,25)(H,21,23,26). The summed E-state index contributed by atoms with van der Waals surface area (Å²) in [5.41, 5.74) is 0.756. The molecule has 8 heteroatoms. The Kier molecular flexibility index (Phi) is 8.50. The van der Waals surface area contributed by atoms with Gasteiger partial charge in [-0.2, -0.15) is 0 Å². The van der Waals surface area contributed by atoms with Gasteiger partial charge in [0.1, 0.15) is 5.82 Å². The second-order valence-electron chi connectivity index (χ2n) is 5.73. The number of rotatable bonds is 9. The van der Waals surface area contributed by atoms with Crippen molar-refractivity contribution in [1.29, 1.82) is 0 Å². The second-order valence-corrected chi connectivity index (χ2v) is 7.70. The lowest BCUT2D eigenvalue weighted by atomic mass is 10.3.